The predicted molar refractivity (Wildman–Crippen MR) is 106 cm³/mol. The molecule has 1 aliphatic heterocycles. The number of H-pyrrole nitrogens is 1. The van der Waals surface area contributed by atoms with Crippen LogP contribution >= 0.6 is 12.2 Å². The molecule has 140 valence electrons. The van der Waals surface area contributed by atoms with Gasteiger partial charge in [0.25, 0.3) is 5.56 Å². The molecule has 0 unspecified atom stereocenters. The van der Waals surface area contributed by atoms with E-state index in [-0.39, 0.29) is 18.3 Å². The number of aryl methyl sites for hydroxylation is 1. The first-order valence-corrected chi connectivity index (χ1v) is 9.35. The van der Waals surface area contributed by atoms with Gasteiger partial charge in [-0.3, -0.25) is 4.79 Å². The summed E-state index contributed by atoms with van der Waals surface area (Å²) in [6, 6.07) is 7.82. The maximum Gasteiger partial charge on any atom is 0.253 e. The van der Waals surface area contributed by atoms with Crippen LogP contribution in [-0.2, 0) is 11.3 Å². The van der Waals surface area contributed by atoms with E-state index in [0.717, 1.165) is 35.9 Å². The summed E-state index contributed by atoms with van der Waals surface area (Å²) in [6.07, 6.45) is 2.28. The Kier molecular flexibility index (Phi) is 6.24. The highest BCUT2D eigenvalue weighted by Gasteiger charge is 2.18. The van der Waals surface area contributed by atoms with Crippen molar-refractivity contribution in [2.75, 3.05) is 26.3 Å². The van der Waals surface area contributed by atoms with Crippen LogP contribution in [-0.4, -0.2) is 52.5 Å². The fourth-order valence-electron chi connectivity index (χ4n) is 3.19. The number of thiocarbonyl (C=S) groups is 1. The van der Waals surface area contributed by atoms with Gasteiger partial charge in [-0.15, -0.1) is 0 Å². The molecular weight excluding hydrogens is 350 g/mol. The first kappa shape index (κ1) is 18.8. The van der Waals surface area contributed by atoms with Gasteiger partial charge in [0.2, 0.25) is 0 Å². The van der Waals surface area contributed by atoms with Gasteiger partial charge in [-0.05, 0) is 55.6 Å². The summed E-state index contributed by atoms with van der Waals surface area (Å²) < 4.78 is 5.59. The van der Waals surface area contributed by atoms with Gasteiger partial charge in [-0.2, -0.15) is 0 Å². The van der Waals surface area contributed by atoms with E-state index in [9.17, 15) is 9.90 Å². The molecule has 1 aromatic heterocycles. The number of fused-ring (bicyclic) bond motifs is 1. The number of nitrogens with zero attached hydrogens (tertiary/aromatic N) is 1. The number of aromatic nitrogens is 1. The number of rotatable bonds is 6. The van der Waals surface area contributed by atoms with Crippen molar-refractivity contribution in [2.24, 2.45) is 0 Å². The van der Waals surface area contributed by atoms with Gasteiger partial charge in [0.15, 0.2) is 5.11 Å². The molecule has 2 heterocycles. The summed E-state index contributed by atoms with van der Waals surface area (Å²) in [7, 11) is 0. The fourth-order valence-corrected chi connectivity index (χ4v) is 3.42. The molecule has 6 nitrogen and oxygen atoms in total. The van der Waals surface area contributed by atoms with E-state index < -0.39 is 0 Å². The molecule has 3 rings (SSSR count). The van der Waals surface area contributed by atoms with Crippen molar-refractivity contribution in [2.45, 2.75) is 32.4 Å². The van der Waals surface area contributed by atoms with Crippen molar-refractivity contribution >= 4 is 28.2 Å². The quantitative estimate of drug-likeness (QED) is 0.667. The standard InChI is InChI=1S/C19H25N3O3S/c1-13-4-5-17-14(9-13)10-15(18(24)21-17)12-22(6-7-23)19(26)20-11-16-3-2-8-25-16/h4-5,9-10,16,23H,2-3,6-8,11-12H2,1H3,(H,20,26)(H,21,24)/t16-/m0/s1. The monoisotopic (exact) mass is 375 g/mol. The Morgan fingerprint density at radius 2 is 2.31 bits per heavy atom. The third-order valence-corrected chi connectivity index (χ3v) is 5.00. The van der Waals surface area contributed by atoms with Gasteiger partial charge >= 0.3 is 0 Å². The molecule has 0 spiro atoms. The molecule has 1 aliphatic rings. The second kappa shape index (κ2) is 8.62. The number of aliphatic hydroxyl groups excluding tert-OH is 1. The Hall–Kier alpha value is -1.96. The van der Waals surface area contributed by atoms with Crippen molar-refractivity contribution < 1.29 is 9.84 Å². The van der Waals surface area contributed by atoms with E-state index in [1.54, 1.807) is 0 Å². The van der Waals surface area contributed by atoms with Crippen LogP contribution in [0.5, 0.6) is 0 Å². The first-order chi connectivity index (χ1) is 12.6. The van der Waals surface area contributed by atoms with E-state index in [4.69, 9.17) is 17.0 Å². The van der Waals surface area contributed by atoms with Gasteiger partial charge in [-0.25, -0.2) is 0 Å². The number of pyridine rings is 1. The molecular formula is C19H25N3O3S. The van der Waals surface area contributed by atoms with Gasteiger partial charge in [-0.1, -0.05) is 11.6 Å². The van der Waals surface area contributed by atoms with Crippen LogP contribution < -0.4 is 10.9 Å². The van der Waals surface area contributed by atoms with Gasteiger partial charge in [0, 0.05) is 30.8 Å². The van der Waals surface area contributed by atoms with Crippen molar-refractivity contribution in [3.8, 4) is 0 Å². The maximum atomic E-state index is 12.4. The molecule has 1 saturated heterocycles. The summed E-state index contributed by atoms with van der Waals surface area (Å²) in [5, 5.41) is 14.1. The van der Waals surface area contributed by atoms with Gasteiger partial charge < -0.3 is 25.0 Å². The number of hydrogen-bond donors (Lipinski definition) is 3. The molecule has 1 aromatic carbocycles. The topological polar surface area (TPSA) is 77.6 Å². The van der Waals surface area contributed by atoms with Crippen LogP contribution in [0.4, 0.5) is 0 Å². The maximum absolute atomic E-state index is 12.4. The number of nitrogens with one attached hydrogen (secondary N) is 2. The lowest BCUT2D eigenvalue weighted by atomic mass is 10.1. The highest BCUT2D eigenvalue weighted by atomic mass is 32.1. The van der Waals surface area contributed by atoms with Crippen LogP contribution in [0, 0.1) is 6.92 Å². The molecule has 1 atom stereocenters. The van der Waals surface area contributed by atoms with Crippen LogP contribution in [0.25, 0.3) is 10.9 Å². The summed E-state index contributed by atoms with van der Waals surface area (Å²) >= 11 is 5.47. The molecule has 0 radical (unpaired) electrons. The van der Waals surface area contributed by atoms with Gasteiger partial charge in [0.05, 0.1) is 19.3 Å². The summed E-state index contributed by atoms with van der Waals surface area (Å²) in [5.41, 5.74) is 2.44. The third kappa shape index (κ3) is 4.60. The van der Waals surface area contributed by atoms with Crippen LogP contribution in [0.2, 0.25) is 0 Å². The molecule has 0 aliphatic carbocycles. The molecule has 0 saturated carbocycles. The second-order valence-electron chi connectivity index (χ2n) is 6.68. The molecule has 26 heavy (non-hydrogen) atoms. The van der Waals surface area contributed by atoms with Gasteiger partial charge in [0.1, 0.15) is 0 Å². The van der Waals surface area contributed by atoms with Crippen LogP contribution in [0.3, 0.4) is 0 Å². The molecule has 0 bridgehead atoms. The number of benzene rings is 1. The average molecular weight is 375 g/mol. The number of aliphatic hydroxyl groups is 1. The summed E-state index contributed by atoms with van der Waals surface area (Å²) in [5.74, 6) is 0. The van der Waals surface area contributed by atoms with Crippen molar-refractivity contribution in [1.29, 1.82) is 0 Å². The Labute approximate surface area is 158 Å². The normalized spacial score (nSPS) is 16.8. The lowest BCUT2D eigenvalue weighted by Gasteiger charge is -2.26. The molecule has 1 fully saturated rings. The zero-order valence-corrected chi connectivity index (χ0v) is 15.8. The Morgan fingerprint density at radius 3 is 3.04 bits per heavy atom. The zero-order chi connectivity index (χ0) is 18.5. The van der Waals surface area contributed by atoms with E-state index in [0.29, 0.717) is 30.3 Å². The van der Waals surface area contributed by atoms with E-state index in [1.807, 2.05) is 36.1 Å². The minimum atomic E-state index is -0.133. The molecule has 0 amide bonds. The Bertz CT molecular complexity index is 830. The second-order valence-corrected chi connectivity index (χ2v) is 7.07. The molecule has 2 aromatic rings. The van der Waals surface area contributed by atoms with E-state index >= 15 is 0 Å². The first-order valence-electron chi connectivity index (χ1n) is 8.94. The third-order valence-electron chi connectivity index (χ3n) is 4.60. The molecule has 7 heteroatoms. The number of aromatic amines is 1. The highest BCUT2D eigenvalue weighted by molar-refractivity contribution is 7.80. The largest absolute Gasteiger partial charge is 0.395 e. The van der Waals surface area contributed by atoms with Crippen molar-refractivity contribution in [1.82, 2.24) is 15.2 Å². The lowest BCUT2D eigenvalue weighted by Crippen LogP contribution is -2.44. The number of hydrogen-bond acceptors (Lipinski definition) is 4. The van der Waals surface area contributed by atoms with Crippen molar-refractivity contribution in [3.05, 3.63) is 45.7 Å². The zero-order valence-electron chi connectivity index (χ0n) is 15.0. The summed E-state index contributed by atoms with van der Waals surface area (Å²) in [6.45, 7) is 4.14. The Morgan fingerprint density at radius 1 is 1.46 bits per heavy atom. The fraction of sp³-hybridized carbons (Fsp3) is 0.474. The molecule has 3 N–H and O–H groups in total. The SMILES string of the molecule is Cc1ccc2[nH]c(=O)c(CN(CCO)C(=S)NC[C@@H]3CCCO3)cc2c1. The lowest BCUT2D eigenvalue weighted by molar-refractivity contribution is 0.113. The predicted octanol–water partition coefficient (Wildman–Crippen LogP) is 1.68. The average Bonchev–Trinajstić information content (AvgIpc) is 3.13. The number of ether oxygens (including phenoxy) is 1. The summed E-state index contributed by atoms with van der Waals surface area (Å²) in [4.78, 5) is 17.2. The van der Waals surface area contributed by atoms with Crippen LogP contribution in [0.15, 0.2) is 29.1 Å². The van der Waals surface area contributed by atoms with E-state index in [2.05, 4.69) is 10.3 Å². The minimum absolute atomic E-state index is 0.0354. The van der Waals surface area contributed by atoms with Crippen LogP contribution in [0.1, 0.15) is 24.0 Å². The minimum Gasteiger partial charge on any atom is -0.395 e. The highest BCUT2D eigenvalue weighted by Crippen LogP contribution is 2.14. The Balaban J connectivity index is 1.74. The smallest absolute Gasteiger partial charge is 0.253 e. The van der Waals surface area contributed by atoms with E-state index in [1.165, 1.54) is 0 Å². The van der Waals surface area contributed by atoms with Crippen molar-refractivity contribution in [3.63, 3.8) is 0 Å².